The molecule has 3 atom stereocenters. The second-order valence-electron chi connectivity index (χ2n) is 8.76. The Balaban J connectivity index is 1.21. The minimum atomic E-state index is -0.178. The number of benzene rings is 1. The molecule has 0 radical (unpaired) electrons. The number of nitrogens with zero attached hydrogens (tertiary/aromatic N) is 1. The molecule has 1 aromatic heterocycles. The largest absolute Gasteiger partial charge is 0.369 e. The van der Waals surface area contributed by atoms with Crippen molar-refractivity contribution in [3.05, 3.63) is 46.8 Å². The van der Waals surface area contributed by atoms with Crippen molar-refractivity contribution in [3.63, 3.8) is 0 Å². The van der Waals surface area contributed by atoms with Gasteiger partial charge in [0.1, 0.15) is 5.60 Å². The number of likely N-dealkylation sites (tertiary alicyclic amines) is 1. The molecular weight excluding hydrogens is 368 g/mol. The number of piperidine rings is 2. The fourth-order valence-corrected chi connectivity index (χ4v) is 7.04. The van der Waals surface area contributed by atoms with Crippen LogP contribution in [0.5, 0.6) is 0 Å². The van der Waals surface area contributed by atoms with E-state index in [-0.39, 0.29) is 5.60 Å². The summed E-state index contributed by atoms with van der Waals surface area (Å²) in [6.45, 7) is 4.52. The van der Waals surface area contributed by atoms with Crippen molar-refractivity contribution in [3.8, 4) is 10.4 Å². The monoisotopic (exact) mass is 394 g/mol. The number of thiophene rings is 1. The minimum Gasteiger partial charge on any atom is -0.369 e. The third-order valence-electron chi connectivity index (χ3n) is 7.29. The number of carbonyl (C=O) groups is 1. The summed E-state index contributed by atoms with van der Waals surface area (Å²) in [4.78, 5) is 17.8. The first-order valence-electron chi connectivity index (χ1n) is 10.6. The van der Waals surface area contributed by atoms with Gasteiger partial charge in [0.25, 0.3) is 0 Å². The van der Waals surface area contributed by atoms with E-state index in [4.69, 9.17) is 4.74 Å². The van der Waals surface area contributed by atoms with Crippen molar-refractivity contribution < 1.29 is 9.53 Å². The van der Waals surface area contributed by atoms with E-state index < -0.39 is 0 Å². The fraction of sp³-hybridized carbons (Fsp3) is 0.522. The molecule has 5 heteroatoms. The van der Waals surface area contributed by atoms with Crippen LogP contribution in [0.4, 0.5) is 0 Å². The van der Waals surface area contributed by atoms with Crippen LogP contribution >= 0.6 is 11.3 Å². The van der Waals surface area contributed by atoms with Crippen LogP contribution in [0.3, 0.4) is 0 Å². The molecule has 2 aromatic rings. The maximum Gasteiger partial charge on any atom is 0.226 e. The summed E-state index contributed by atoms with van der Waals surface area (Å²) in [5.74, 6) is 1.90. The van der Waals surface area contributed by atoms with Crippen LogP contribution in [-0.2, 0) is 21.6 Å². The van der Waals surface area contributed by atoms with Gasteiger partial charge in [0.05, 0.1) is 6.61 Å². The van der Waals surface area contributed by atoms with E-state index in [0.717, 1.165) is 52.0 Å². The predicted molar refractivity (Wildman–Crippen MR) is 110 cm³/mol. The van der Waals surface area contributed by atoms with Gasteiger partial charge in [0, 0.05) is 28.8 Å². The van der Waals surface area contributed by atoms with Gasteiger partial charge >= 0.3 is 0 Å². The number of hydrogen-bond donors (Lipinski definition) is 1. The van der Waals surface area contributed by atoms with E-state index in [1.807, 2.05) is 11.3 Å². The van der Waals surface area contributed by atoms with Gasteiger partial charge in [-0.1, -0.05) is 30.3 Å². The highest BCUT2D eigenvalue weighted by molar-refractivity contribution is 7.15. The topological polar surface area (TPSA) is 41.6 Å². The van der Waals surface area contributed by atoms with Crippen LogP contribution in [-0.4, -0.2) is 43.6 Å². The molecule has 1 unspecified atom stereocenters. The van der Waals surface area contributed by atoms with Gasteiger partial charge in [-0.3, -0.25) is 4.79 Å². The van der Waals surface area contributed by atoms with Crippen LogP contribution in [0.15, 0.2) is 36.4 Å². The quantitative estimate of drug-likeness (QED) is 0.850. The summed E-state index contributed by atoms with van der Waals surface area (Å²) >= 11 is 1.90. The standard InChI is InChI=1S/C23H26N2O2S/c26-22(20-17-13-24-14-18(17)20)25-9-7-23(8-10-25)21-16(6-11-27-23)12-19(28-21)15-4-2-1-3-5-15/h1-5,12,17-18,20,24H,6-11,13-14H2/t17-,18+,20?. The van der Waals surface area contributed by atoms with Crippen LogP contribution < -0.4 is 5.32 Å². The summed E-state index contributed by atoms with van der Waals surface area (Å²) < 4.78 is 6.42. The molecule has 1 amide bonds. The van der Waals surface area contributed by atoms with Gasteiger partial charge in [-0.05, 0) is 61.4 Å². The normalized spacial score (nSPS) is 30.1. The molecule has 1 N–H and O–H groups in total. The molecule has 1 aromatic carbocycles. The number of fused-ring (bicyclic) bond motifs is 3. The summed E-state index contributed by atoms with van der Waals surface area (Å²) in [7, 11) is 0. The van der Waals surface area contributed by atoms with Gasteiger partial charge in [0.15, 0.2) is 0 Å². The predicted octanol–water partition coefficient (Wildman–Crippen LogP) is 3.27. The Morgan fingerprint density at radius 3 is 2.64 bits per heavy atom. The molecule has 4 aliphatic rings. The molecule has 146 valence electrons. The van der Waals surface area contributed by atoms with Gasteiger partial charge < -0.3 is 15.0 Å². The van der Waals surface area contributed by atoms with Crippen molar-refractivity contribution in [2.24, 2.45) is 17.8 Å². The molecule has 4 nitrogen and oxygen atoms in total. The minimum absolute atomic E-state index is 0.178. The van der Waals surface area contributed by atoms with Crippen LogP contribution in [0.1, 0.15) is 23.3 Å². The first-order chi connectivity index (χ1) is 13.8. The second kappa shape index (κ2) is 6.41. The number of amides is 1. The highest BCUT2D eigenvalue weighted by Gasteiger charge is 2.58. The summed E-state index contributed by atoms with van der Waals surface area (Å²) in [5, 5.41) is 3.39. The van der Waals surface area contributed by atoms with E-state index >= 15 is 0 Å². The van der Waals surface area contributed by atoms with E-state index in [2.05, 4.69) is 46.6 Å². The first-order valence-corrected chi connectivity index (χ1v) is 11.4. The summed E-state index contributed by atoms with van der Waals surface area (Å²) in [6.07, 6.45) is 2.86. The van der Waals surface area contributed by atoms with Crippen molar-refractivity contribution >= 4 is 17.2 Å². The van der Waals surface area contributed by atoms with Gasteiger partial charge in [-0.2, -0.15) is 0 Å². The Morgan fingerprint density at radius 1 is 1.14 bits per heavy atom. The molecular formula is C23H26N2O2S. The average molecular weight is 395 g/mol. The fourth-order valence-electron chi connectivity index (χ4n) is 5.62. The Kier molecular flexibility index (Phi) is 3.94. The lowest BCUT2D eigenvalue weighted by Gasteiger charge is -2.44. The summed E-state index contributed by atoms with van der Waals surface area (Å²) in [6, 6.07) is 13.0. The lowest BCUT2D eigenvalue weighted by molar-refractivity contribution is -0.142. The molecule has 2 saturated heterocycles. The van der Waals surface area contributed by atoms with Crippen molar-refractivity contribution in [2.45, 2.75) is 24.9 Å². The average Bonchev–Trinajstić information content (AvgIpc) is 3.09. The zero-order chi connectivity index (χ0) is 18.7. The van der Waals surface area contributed by atoms with E-state index in [1.54, 1.807) is 0 Å². The van der Waals surface area contributed by atoms with E-state index in [1.165, 1.54) is 20.9 Å². The van der Waals surface area contributed by atoms with E-state index in [9.17, 15) is 4.79 Å². The molecule has 28 heavy (non-hydrogen) atoms. The SMILES string of the molecule is O=C(C1[C@H]2CNC[C@@H]12)N1CCC2(CC1)OCCc1cc(-c3ccccc3)sc12. The molecule has 0 bridgehead atoms. The molecule has 1 saturated carbocycles. The number of carbonyl (C=O) groups excluding carboxylic acids is 1. The van der Waals surface area contributed by atoms with Crippen molar-refractivity contribution in [1.29, 1.82) is 0 Å². The smallest absolute Gasteiger partial charge is 0.226 e. The highest BCUT2D eigenvalue weighted by Crippen LogP contribution is 2.51. The molecule has 3 fully saturated rings. The summed E-state index contributed by atoms with van der Waals surface area (Å²) in [5.41, 5.74) is 2.57. The van der Waals surface area contributed by atoms with Crippen molar-refractivity contribution in [2.75, 3.05) is 32.8 Å². The molecule has 6 rings (SSSR count). The van der Waals surface area contributed by atoms with Crippen molar-refractivity contribution in [1.82, 2.24) is 10.2 Å². The lowest BCUT2D eigenvalue weighted by Crippen LogP contribution is -2.48. The van der Waals surface area contributed by atoms with Crippen LogP contribution in [0.25, 0.3) is 10.4 Å². The third-order valence-corrected chi connectivity index (χ3v) is 8.70. The zero-order valence-electron chi connectivity index (χ0n) is 16.0. The zero-order valence-corrected chi connectivity index (χ0v) is 16.8. The van der Waals surface area contributed by atoms with Gasteiger partial charge in [-0.25, -0.2) is 0 Å². The third kappa shape index (κ3) is 2.60. The number of nitrogens with one attached hydrogen (secondary N) is 1. The Morgan fingerprint density at radius 2 is 1.89 bits per heavy atom. The van der Waals surface area contributed by atoms with Gasteiger partial charge in [-0.15, -0.1) is 11.3 Å². The first kappa shape index (κ1) is 17.2. The second-order valence-corrected chi connectivity index (χ2v) is 9.81. The Labute approximate surface area is 169 Å². The Bertz CT molecular complexity index is 891. The number of ether oxygens (including phenoxy) is 1. The van der Waals surface area contributed by atoms with Crippen LogP contribution in [0, 0.1) is 17.8 Å². The molecule has 1 spiro atoms. The lowest BCUT2D eigenvalue weighted by atomic mass is 9.85. The highest BCUT2D eigenvalue weighted by atomic mass is 32.1. The Hall–Kier alpha value is -1.69. The number of rotatable bonds is 2. The van der Waals surface area contributed by atoms with Crippen LogP contribution in [0.2, 0.25) is 0 Å². The maximum atomic E-state index is 12.9. The molecule has 4 heterocycles. The maximum absolute atomic E-state index is 12.9. The molecule has 1 aliphatic carbocycles. The molecule has 3 aliphatic heterocycles. The number of hydrogen-bond acceptors (Lipinski definition) is 4. The van der Waals surface area contributed by atoms with E-state index in [0.29, 0.717) is 23.7 Å². The van der Waals surface area contributed by atoms with Gasteiger partial charge in [0.2, 0.25) is 5.91 Å².